The fourth-order valence-corrected chi connectivity index (χ4v) is 1.87. The van der Waals surface area contributed by atoms with Gasteiger partial charge in [-0.25, -0.2) is 4.98 Å². The van der Waals surface area contributed by atoms with Gasteiger partial charge in [-0.1, -0.05) is 30.3 Å². The minimum atomic E-state index is 0.458. The van der Waals surface area contributed by atoms with Crippen LogP contribution < -0.4 is 0 Å². The van der Waals surface area contributed by atoms with Crippen molar-refractivity contribution in [3.05, 3.63) is 54.3 Å². The molecule has 0 radical (unpaired) electrons. The van der Waals surface area contributed by atoms with Gasteiger partial charge in [-0.3, -0.25) is 0 Å². The predicted molar refractivity (Wildman–Crippen MR) is 65.8 cm³/mol. The van der Waals surface area contributed by atoms with Crippen LogP contribution in [0.2, 0.25) is 0 Å². The molecular formula is C13H12N4O. The Labute approximate surface area is 104 Å². The van der Waals surface area contributed by atoms with E-state index in [4.69, 9.17) is 4.42 Å². The van der Waals surface area contributed by atoms with E-state index in [9.17, 15) is 0 Å². The molecule has 0 amide bonds. The van der Waals surface area contributed by atoms with Crippen molar-refractivity contribution in [1.82, 2.24) is 19.7 Å². The van der Waals surface area contributed by atoms with Gasteiger partial charge in [0, 0.05) is 12.2 Å². The van der Waals surface area contributed by atoms with Crippen molar-refractivity contribution < 1.29 is 4.42 Å². The first-order chi connectivity index (χ1) is 8.84. The summed E-state index contributed by atoms with van der Waals surface area (Å²) in [7, 11) is 0. The van der Waals surface area contributed by atoms with Crippen molar-refractivity contribution in [1.29, 1.82) is 0 Å². The normalized spacial score (nSPS) is 10.7. The summed E-state index contributed by atoms with van der Waals surface area (Å²) in [4.78, 5) is 4.32. The highest BCUT2D eigenvalue weighted by Crippen LogP contribution is 2.19. The zero-order valence-electron chi connectivity index (χ0n) is 9.95. The van der Waals surface area contributed by atoms with Crippen LogP contribution in [0.15, 0.2) is 47.5 Å². The van der Waals surface area contributed by atoms with Crippen molar-refractivity contribution in [2.24, 2.45) is 0 Å². The van der Waals surface area contributed by atoms with Crippen LogP contribution in [0.1, 0.15) is 11.3 Å². The van der Waals surface area contributed by atoms with E-state index in [0.717, 1.165) is 17.9 Å². The lowest BCUT2D eigenvalue weighted by molar-refractivity contribution is 0.566. The highest BCUT2D eigenvalue weighted by molar-refractivity contribution is 5.49. The maximum absolute atomic E-state index is 5.17. The van der Waals surface area contributed by atoms with Gasteiger partial charge in [-0.2, -0.15) is 0 Å². The summed E-state index contributed by atoms with van der Waals surface area (Å²) in [6.45, 7) is 2.78. The minimum Gasteiger partial charge on any atom is -0.422 e. The van der Waals surface area contributed by atoms with E-state index in [2.05, 4.69) is 31.9 Å². The van der Waals surface area contributed by atoms with E-state index < -0.39 is 0 Å². The quantitative estimate of drug-likeness (QED) is 0.704. The Morgan fingerprint density at radius 1 is 1.22 bits per heavy atom. The second kappa shape index (κ2) is 4.44. The van der Waals surface area contributed by atoms with E-state index in [1.807, 2.05) is 25.1 Å². The second-order valence-electron chi connectivity index (χ2n) is 4.04. The monoisotopic (exact) mass is 240 g/mol. The third kappa shape index (κ3) is 1.90. The van der Waals surface area contributed by atoms with Crippen LogP contribution in [0.5, 0.6) is 0 Å². The molecule has 2 heterocycles. The van der Waals surface area contributed by atoms with Gasteiger partial charge < -0.3 is 8.98 Å². The molecule has 0 saturated carbocycles. The fraction of sp³-hybridized carbons (Fsp3) is 0.154. The summed E-state index contributed by atoms with van der Waals surface area (Å²) in [5, 5.41) is 7.54. The second-order valence-corrected chi connectivity index (χ2v) is 4.04. The van der Waals surface area contributed by atoms with Crippen LogP contribution in [0, 0.1) is 6.92 Å². The number of hydrogen-bond acceptors (Lipinski definition) is 4. The molecule has 0 bridgehead atoms. The number of imidazole rings is 1. The smallest absolute Gasteiger partial charge is 0.267 e. The summed E-state index contributed by atoms with van der Waals surface area (Å²) in [5.41, 5.74) is 2.99. The molecular weight excluding hydrogens is 228 g/mol. The Bertz CT molecular complexity index is 628. The average molecular weight is 240 g/mol. The van der Waals surface area contributed by atoms with Gasteiger partial charge in [-0.05, 0) is 12.5 Å². The van der Waals surface area contributed by atoms with Crippen LogP contribution in [0.4, 0.5) is 0 Å². The first-order valence-electron chi connectivity index (χ1n) is 5.67. The lowest BCUT2D eigenvalue weighted by Gasteiger charge is -2.05. The van der Waals surface area contributed by atoms with Gasteiger partial charge >= 0.3 is 0 Å². The van der Waals surface area contributed by atoms with E-state index in [1.165, 1.54) is 12.0 Å². The van der Waals surface area contributed by atoms with Crippen LogP contribution in [-0.2, 0) is 6.54 Å². The zero-order chi connectivity index (χ0) is 12.4. The molecule has 2 aromatic heterocycles. The Morgan fingerprint density at radius 2 is 2.06 bits per heavy atom. The molecule has 0 spiro atoms. The molecule has 5 heteroatoms. The molecule has 90 valence electrons. The predicted octanol–water partition coefficient (Wildman–Crippen LogP) is 2.29. The van der Waals surface area contributed by atoms with Gasteiger partial charge in [0.1, 0.15) is 5.69 Å². The number of rotatable bonds is 3. The van der Waals surface area contributed by atoms with Crippen LogP contribution >= 0.6 is 0 Å². The highest BCUT2D eigenvalue weighted by atomic mass is 16.4. The maximum Gasteiger partial charge on any atom is 0.267 e. The van der Waals surface area contributed by atoms with Gasteiger partial charge in [0.2, 0.25) is 6.39 Å². The number of aromatic nitrogens is 4. The molecule has 0 fully saturated rings. The van der Waals surface area contributed by atoms with E-state index in [0.29, 0.717) is 5.89 Å². The van der Waals surface area contributed by atoms with Crippen molar-refractivity contribution in [2.75, 3.05) is 0 Å². The molecule has 0 atom stereocenters. The average Bonchev–Trinajstić information content (AvgIpc) is 3.02. The minimum absolute atomic E-state index is 0.458. The van der Waals surface area contributed by atoms with Gasteiger partial charge in [0.25, 0.3) is 5.89 Å². The lowest BCUT2D eigenvalue weighted by Crippen LogP contribution is -2.00. The summed E-state index contributed by atoms with van der Waals surface area (Å²) >= 11 is 0. The standard InChI is InChI=1S/C13H12N4O/c1-10-12(13-16-15-9-18-13)14-8-17(10)7-11-5-3-2-4-6-11/h2-6,8-9H,7H2,1H3. The van der Waals surface area contributed by atoms with E-state index >= 15 is 0 Å². The summed E-state index contributed by atoms with van der Waals surface area (Å²) in [5.74, 6) is 0.458. The number of hydrogen-bond donors (Lipinski definition) is 0. The first kappa shape index (κ1) is 10.7. The molecule has 3 rings (SSSR count). The molecule has 0 N–H and O–H groups in total. The fourth-order valence-electron chi connectivity index (χ4n) is 1.87. The van der Waals surface area contributed by atoms with Crippen LogP contribution in [0.25, 0.3) is 11.6 Å². The largest absolute Gasteiger partial charge is 0.422 e. The van der Waals surface area contributed by atoms with Crippen LogP contribution in [-0.4, -0.2) is 19.7 Å². The first-order valence-corrected chi connectivity index (χ1v) is 5.67. The Kier molecular flexibility index (Phi) is 2.64. The topological polar surface area (TPSA) is 56.7 Å². The van der Waals surface area contributed by atoms with Crippen molar-refractivity contribution in [2.45, 2.75) is 13.5 Å². The molecule has 1 aromatic carbocycles. The van der Waals surface area contributed by atoms with Gasteiger partial charge in [-0.15, -0.1) is 10.2 Å². The number of nitrogens with zero attached hydrogens (tertiary/aromatic N) is 4. The highest BCUT2D eigenvalue weighted by Gasteiger charge is 2.13. The molecule has 0 unspecified atom stereocenters. The Hall–Kier alpha value is -2.43. The van der Waals surface area contributed by atoms with E-state index in [-0.39, 0.29) is 0 Å². The third-order valence-electron chi connectivity index (χ3n) is 2.86. The molecule has 0 aliphatic carbocycles. The van der Waals surface area contributed by atoms with Gasteiger partial charge in [0.15, 0.2) is 0 Å². The summed E-state index contributed by atoms with van der Waals surface area (Å²) < 4.78 is 7.23. The zero-order valence-corrected chi connectivity index (χ0v) is 9.95. The lowest BCUT2D eigenvalue weighted by atomic mass is 10.2. The van der Waals surface area contributed by atoms with Crippen molar-refractivity contribution in [3.63, 3.8) is 0 Å². The molecule has 0 saturated heterocycles. The molecule has 18 heavy (non-hydrogen) atoms. The Balaban J connectivity index is 1.91. The number of benzene rings is 1. The van der Waals surface area contributed by atoms with Crippen LogP contribution in [0.3, 0.4) is 0 Å². The molecule has 5 nitrogen and oxygen atoms in total. The summed E-state index contributed by atoms with van der Waals surface area (Å²) in [6.07, 6.45) is 3.10. The van der Waals surface area contributed by atoms with Crippen molar-refractivity contribution >= 4 is 0 Å². The summed E-state index contributed by atoms with van der Waals surface area (Å²) in [6, 6.07) is 10.2. The SMILES string of the molecule is Cc1c(-c2nnco2)ncn1Cc1ccccc1. The Morgan fingerprint density at radius 3 is 2.78 bits per heavy atom. The third-order valence-corrected chi connectivity index (χ3v) is 2.86. The van der Waals surface area contributed by atoms with E-state index in [1.54, 1.807) is 6.33 Å². The van der Waals surface area contributed by atoms with Crippen molar-refractivity contribution in [3.8, 4) is 11.6 Å². The molecule has 0 aliphatic heterocycles. The maximum atomic E-state index is 5.17. The molecule has 0 aliphatic rings. The van der Waals surface area contributed by atoms with Gasteiger partial charge in [0.05, 0.1) is 6.33 Å². The molecule has 3 aromatic rings.